The quantitative estimate of drug-likeness (QED) is 0.336. The SMILES string of the molecule is C=CCSc1ncccc1C(=O)N1CCC(c2nc(C(=O)Nc3ccc4c(c3)CCC4)cs2)CC1. The molecule has 35 heavy (non-hydrogen) atoms. The normalized spacial score (nSPS) is 15.6. The molecule has 0 radical (unpaired) electrons. The lowest BCUT2D eigenvalue weighted by Gasteiger charge is -2.31. The van der Waals surface area contributed by atoms with Gasteiger partial charge in [-0.1, -0.05) is 12.1 Å². The molecule has 2 aromatic heterocycles. The zero-order valence-electron chi connectivity index (χ0n) is 19.5. The van der Waals surface area contributed by atoms with Crippen LogP contribution in [0.3, 0.4) is 0 Å². The van der Waals surface area contributed by atoms with Crippen LogP contribution in [0.4, 0.5) is 5.69 Å². The van der Waals surface area contributed by atoms with Crippen LogP contribution in [0.5, 0.6) is 0 Å². The van der Waals surface area contributed by atoms with Gasteiger partial charge in [-0.05, 0) is 67.5 Å². The first kappa shape index (κ1) is 23.8. The third kappa shape index (κ3) is 5.33. The van der Waals surface area contributed by atoms with Crippen LogP contribution in [0.1, 0.15) is 62.2 Å². The number of rotatable bonds is 7. The summed E-state index contributed by atoms with van der Waals surface area (Å²) in [4.78, 5) is 36.9. The zero-order valence-corrected chi connectivity index (χ0v) is 21.2. The predicted molar refractivity (Wildman–Crippen MR) is 142 cm³/mol. The van der Waals surface area contributed by atoms with Crippen molar-refractivity contribution in [3.63, 3.8) is 0 Å². The summed E-state index contributed by atoms with van der Waals surface area (Å²) in [6, 6.07) is 9.84. The fraction of sp³-hybridized carbons (Fsp3) is 0.333. The Bertz CT molecular complexity index is 1250. The number of anilines is 1. The number of aryl methyl sites for hydroxylation is 2. The van der Waals surface area contributed by atoms with Gasteiger partial charge >= 0.3 is 0 Å². The largest absolute Gasteiger partial charge is 0.339 e. The summed E-state index contributed by atoms with van der Waals surface area (Å²) in [5.41, 5.74) is 4.67. The summed E-state index contributed by atoms with van der Waals surface area (Å²) in [6.45, 7) is 5.08. The minimum atomic E-state index is -0.167. The second kappa shape index (κ2) is 10.7. The van der Waals surface area contributed by atoms with Gasteiger partial charge in [0.2, 0.25) is 0 Å². The molecule has 0 unspecified atom stereocenters. The Morgan fingerprint density at radius 1 is 1.20 bits per heavy atom. The van der Waals surface area contributed by atoms with Crippen LogP contribution in [-0.4, -0.2) is 45.5 Å². The number of hydrogen-bond donors (Lipinski definition) is 1. The molecule has 8 heteroatoms. The Morgan fingerprint density at radius 3 is 2.86 bits per heavy atom. The minimum Gasteiger partial charge on any atom is -0.339 e. The number of hydrogen-bond acceptors (Lipinski definition) is 6. The number of carbonyl (C=O) groups is 2. The van der Waals surface area contributed by atoms with Gasteiger partial charge in [-0.15, -0.1) is 29.7 Å². The fourth-order valence-corrected chi connectivity index (χ4v) is 6.42. The maximum absolute atomic E-state index is 13.1. The highest BCUT2D eigenvalue weighted by Crippen LogP contribution is 2.32. The highest BCUT2D eigenvalue weighted by atomic mass is 32.2. The van der Waals surface area contributed by atoms with E-state index in [1.165, 1.54) is 40.6 Å². The molecule has 0 atom stereocenters. The number of carbonyl (C=O) groups excluding carboxylic acids is 2. The molecular weight excluding hydrogens is 476 g/mol. The van der Waals surface area contributed by atoms with Crippen LogP contribution in [0.15, 0.2) is 59.6 Å². The van der Waals surface area contributed by atoms with E-state index in [-0.39, 0.29) is 17.7 Å². The molecule has 1 aromatic carbocycles. The number of amides is 2. The predicted octanol–water partition coefficient (Wildman–Crippen LogP) is 5.58. The number of aromatic nitrogens is 2. The van der Waals surface area contributed by atoms with E-state index in [0.717, 1.165) is 41.4 Å². The van der Waals surface area contributed by atoms with Gasteiger partial charge in [-0.3, -0.25) is 9.59 Å². The van der Waals surface area contributed by atoms with E-state index in [2.05, 4.69) is 34.0 Å². The number of nitrogens with one attached hydrogen (secondary N) is 1. The van der Waals surface area contributed by atoms with Crippen LogP contribution in [0.2, 0.25) is 0 Å². The highest BCUT2D eigenvalue weighted by molar-refractivity contribution is 7.99. The number of nitrogens with zero attached hydrogens (tertiary/aromatic N) is 3. The van der Waals surface area contributed by atoms with E-state index in [1.54, 1.807) is 6.20 Å². The molecule has 1 aliphatic heterocycles. The van der Waals surface area contributed by atoms with Crippen LogP contribution < -0.4 is 5.32 Å². The number of benzene rings is 1. The Balaban J connectivity index is 1.18. The molecule has 1 fully saturated rings. The van der Waals surface area contributed by atoms with Gasteiger partial charge in [0.05, 0.1) is 10.6 Å². The molecule has 3 aromatic rings. The van der Waals surface area contributed by atoms with Crippen molar-refractivity contribution in [2.24, 2.45) is 0 Å². The molecule has 6 nitrogen and oxygen atoms in total. The van der Waals surface area contributed by atoms with Crippen molar-refractivity contribution < 1.29 is 9.59 Å². The molecule has 0 saturated carbocycles. The molecule has 180 valence electrons. The maximum Gasteiger partial charge on any atom is 0.275 e. The molecule has 1 aliphatic carbocycles. The van der Waals surface area contributed by atoms with Crippen LogP contribution in [0, 0.1) is 0 Å². The van der Waals surface area contributed by atoms with Crippen LogP contribution in [0.25, 0.3) is 0 Å². The zero-order chi connectivity index (χ0) is 24.2. The van der Waals surface area contributed by atoms with Crippen molar-refractivity contribution in [2.45, 2.75) is 43.0 Å². The molecule has 1 saturated heterocycles. The van der Waals surface area contributed by atoms with E-state index < -0.39 is 0 Å². The lowest BCUT2D eigenvalue weighted by molar-refractivity contribution is 0.0708. The van der Waals surface area contributed by atoms with E-state index in [9.17, 15) is 9.59 Å². The summed E-state index contributed by atoms with van der Waals surface area (Å²) in [5, 5.41) is 6.56. The number of pyridine rings is 1. The highest BCUT2D eigenvalue weighted by Gasteiger charge is 2.28. The number of likely N-dealkylation sites (tertiary alicyclic amines) is 1. The summed E-state index contributed by atoms with van der Waals surface area (Å²) < 4.78 is 0. The van der Waals surface area contributed by atoms with Crippen LogP contribution >= 0.6 is 23.1 Å². The average Bonchev–Trinajstić information content (AvgIpc) is 3.57. The third-order valence-corrected chi connectivity index (χ3v) is 8.59. The lowest BCUT2D eigenvalue weighted by atomic mass is 9.97. The van der Waals surface area contributed by atoms with Crippen molar-refractivity contribution in [3.05, 3.63) is 82.0 Å². The van der Waals surface area contributed by atoms with Gasteiger partial charge in [0.25, 0.3) is 11.8 Å². The van der Waals surface area contributed by atoms with Crippen molar-refractivity contribution in [3.8, 4) is 0 Å². The van der Waals surface area contributed by atoms with Gasteiger partial charge in [-0.2, -0.15) is 0 Å². The first-order valence-corrected chi connectivity index (χ1v) is 13.9. The Hall–Kier alpha value is -2.97. The molecule has 0 bridgehead atoms. The molecule has 2 aliphatic rings. The molecule has 3 heterocycles. The Kier molecular flexibility index (Phi) is 7.29. The minimum absolute atomic E-state index is 0.0247. The second-order valence-corrected chi connectivity index (χ2v) is 10.8. The summed E-state index contributed by atoms with van der Waals surface area (Å²) >= 11 is 3.06. The number of piperidine rings is 1. The van der Waals surface area contributed by atoms with Gasteiger partial charge in [-0.25, -0.2) is 9.97 Å². The van der Waals surface area contributed by atoms with E-state index in [1.807, 2.05) is 34.6 Å². The maximum atomic E-state index is 13.1. The van der Waals surface area contributed by atoms with E-state index in [4.69, 9.17) is 0 Å². The van der Waals surface area contributed by atoms with Crippen LogP contribution in [-0.2, 0) is 12.8 Å². The van der Waals surface area contributed by atoms with Gasteiger partial charge in [0.15, 0.2) is 0 Å². The first-order valence-electron chi connectivity index (χ1n) is 12.0. The number of fused-ring (bicyclic) bond motifs is 1. The van der Waals surface area contributed by atoms with Crippen molar-refractivity contribution in [1.29, 1.82) is 0 Å². The summed E-state index contributed by atoms with van der Waals surface area (Å²) in [7, 11) is 0. The molecule has 1 N–H and O–H groups in total. The Morgan fingerprint density at radius 2 is 2.03 bits per heavy atom. The second-order valence-electron chi connectivity index (χ2n) is 8.88. The van der Waals surface area contributed by atoms with E-state index in [0.29, 0.717) is 30.1 Å². The van der Waals surface area contributed by atoms with E-state index >= 15 is 0 Å². The summed E-state index contributed by atoms with van der Waals surface area (Å²) in [5.74, 6) is 0.830. The van der Waals surface area contributed by atoms with Crippen molar-refractivity contribution in [2.75, 3.05) is 24.2 Å². The standard InChI is InChI=1S/C27H28N4O2S2/c1-2-15-34-26-22(7-4-12-28-26)27(33)31-13-10-19(11-14-31)25-30-23(17-35-25)24(32)29-21-9-8-18-5-3-6-20(18)16-21/h2,4,7-9,12,16-17,19H,1,3,5-6,10-11,13-15H2,(H,29,32). The first-order chi connectivity index (χ1) is 17.1. The molecule has 0 spiro atoms. The fourth-order valence-electron chi connectivity index (χ4n) is 4.73. The number of thioether (sulfide) groups is 1. The Labute approximate surface area is 213 Å². The van der Waals surface area contributed by atoms with Crippen molar-refractivity contribution >= 4 is 40.6 Å². The van der Waals surface area contributed by atoms with Gasteiger partial charge in [0.1, 0.15) is 10.7 Å². The number of thiazole rings is 1. The van der Waals surface area contributed by atoms with Gasteiger partial charge in [0, 0.05) is 42.0 Å². The molecule has 2 amide bonds. The molecule has 5 rings (SSSR count). The topological polar surface area (TPSA) is 75.2 Å². The average molecular weight is 505 g/mol. The monoisotopic (exact) mass is 504 g/mol. The van der Waals surface area contributed by atoms with Gasteiger partial charge < -0.3 is 10.2 Å². The summed E-state index contributed by atoms with van der Waals surface area (Å²) in [6.07, 6.45) is 8.59. The van der Waals surface area contributed by atoms with Crippen molar-refractivity contribution in [1.82, 2.24) is 14.9 Å². The smallest absolute Gasteiger partial charge is 0.275 e. The lowest BCUT2D eigenvalue weighted by Crippen LogP contribution is -2.38. The third-order valence-electron chi connectivity index (χ3n) is 6.58. The molecular formula is C27H28N4O2S2.